The van der Waals surface area contributed by atoms with Gasteiger partial charge in [-0.05, 0) is 55.1 Å². The summed E-state index contributed by atoms with van der Waals surface area (Å²) in [6.07, 6.45) is 2.69. The fourth-order valence-electron chi connectivity index (χ4n) is 3.44. The normalized spacial score (nSPS) is 13.3. The molecule has 1 aliphatic rings. The second kappa shape index (κ2) is 11.7. The van der Waals surface area contributed by atoms with Crippen LogP contribution in [0.25, 0.3) is 0 Å². The van der Waals surface area contributed by atoms with Gasteiger partial charge in [-0.1, -0.05) is 30.3 Å². The summed E-state index contributed by atoms with van der Waals surface area (Å²) in [6, 6.07) is 14.3. The van der Waals surface area contributed by atoms with Crippen molar-refractivity contribution in [3.63, 3.8) is 0 Å². The molecule has 1 heterocycles. The molecule has 1 aliphatic heterocycles. The predicted octanol–water partition coefficient (Wildman–Crippen LogP) is 4.11. The number of carbonyl (C=O) groups is 1. The summed E-state index contributed by atoms with van der Waals surface area (Å²) < 4.78 is 11.5. The molecular weight excluding hydrogens is 388 g/mol. The highest BCUT2D eigenvalue weighted by Gasteiger charge is 2.18. The molecule has 0 aromatic heterocycles. The maximum atomic E-state index is 11.6. The van der Waals surface area contributed by atoms with Crippen LogP contribution in [0.2, 0.25) is 0 Å². The monoisotopic (exact) mass is 418 g/mol. The van der Waals surface area contributed by atoms with Gasteiger partial charge in [0.15, 0.2) is 11.5 Å². The van der Waals surface area contributed by atoms with E-state index in [-0.39, 0.29) is 12.4 Å². The molecule has 29 heavy (non-hydrogen) atoms. The van der Waals surface area contributed by atoms with Gasteiger partial charge >= 0.3 is 0 Å². The molecule has 2 aromatic rings. The molecule has 0 atom stereocenters. The zero-order valence-corrected chi connectivity index (χ0v) is 18.1. The summed E-state index contributed by atoms with van der Waals surface area (Å²) in [5.41, 5.74) is 3.54. The highest BCUT2D eigenvalue weighted by molar-refractivity contribution is 5.85. The molecular formula is C23H31ClN2O3. The number of methoxy groups -OCH3 is 1. The SMILES string of the molecule is COc1cc(CNCCCN2CCCC2=O)ccc1OCc1ccccc1C.Cl. The van der Waals surface area contributed by atoms with Crippen molar-refractivity contribution in [1.82, 2.24) is 10.2 Å². The van der Waals surface area contributed by atoms with E-state index in [1.165, 1.54) is 11.1 Å². The van der Waals surface area contributed by atoms with E-state index in [4.69, 9.17) is 9.47 Å². The van der Waals surface area contributed by atoms with Crippen molar-refractivity contribution < 1.29 is 14.3 Å². The summed E-state index contributed by atoms with van der Waals surface area (Å²) >= 11 is 0. The van der Waals surface area contributed by atoms with Gasteiger partial charge in [0, 0.05) is 26.1 Å². The molecule has 1 amide bonds. The zero-order chi connectivity index (χ0) is 19.8. The van der Waals surface area contributed by atoms with Crippen molar-refractivity contribution >= 4 is 18.3 Å². The first-order valence-corrected chi connectivity index (χ1v) is 10.00. The van der Waals surface area contributed by atoms with Gasteiger partial charge in [-0.25, -0.2) is 0 Å². The molecule has 0 unspecified atom stereocenters. The first-order valence-electron chi connectivity index (χ1n) is 10.00. The van der Waals surface area contributed by atoms with E-state index in [9.17, 15) is 4.79 Å². The number of hydrogen-bond donors (Lipinski definition) is 1. The average molecular weight is 419 g/mol. The number of ether oxygens (including phenoxy) is 2. The van der Waals surface area contributed by atoms with Crippen LogP contribution in [0.15, 0.2) is 42.5 Å². The molecule has 0 spiro atoms. The maximum absolute atomic E-state index is 11.6. The highest BCUT2D eigenvalue weighted by Crippen LogP contribution is 2.29. The maximum Gasteiger partial charge on any atom is 0.222 e. The van der Waals surface area contributed by atoms with Crippen molar-refractivity contribution in [2.45, 2.75) is 39.3 Å². The van der Waals surface area contributed by atoms with Gasteiger partial charge < -0.3 is 19.7 Å². The zero-order valence-electron chi connectivity index (χ0n) is 17.3. The number of halogens is 1. The molecule has 0 saturated carbocycles. The molecule has 0 bridgehead atoms. The van der Waals surface area contributed by atoms with Crippen molar-refractivity contribution in [3.05, 3.63) is 59.2 Å². The first-order chi connectivity index (χ1) is 13.7. The second-order valence-electron chi connectivity index (χ2n) is 7.22. The van der Waals surface area contributed by atoms with Gasteiger partial charge in [0.2, 0.25) is 5.91 Å². The molecule has 1 N–H and O–H groups in total. The minimum atomic E-state index is 0. The van der Waals surface area contributed by atoms with E-state index in [0.717, 1.165) is 56.1 Å². The Morgan fingerprint density at radius 3 is 2.69 bits per heavy atom. The van der Waals surface area contributed by atoms with Crippen LogP contribution >= 0.6 is 12.4 Å². The largest absolute Gasteiger partial charge is 0.493 e. The van der Waals surface area contributed by atoms with Gasteiger partial charge in [-0.3, -0.25) is 4.79 Å². The summed E-state index contributed by atoms with van der Waals surface area (Å²) in [6.45, 7) is 6.03. The molecule has 6 heteroatoms. The van der Waals surface area contributed by atoms with E-state index in [0.29, 0.717) is 18.9 Å². The number of hydrogen-bond acceptors (Lipinski definition) is 4. The van der Waals surface area contributed by atoms with Gasteiger partial charge in [0.1, 0.15) is 6.61 Å². The van der Waals surface area contributed by atoms with E-state index in [1.807, 2.05) is 29.2 Å². The van der Waals surface area contributed by atoms with E-state index in [2.05, 4.69) is 30.4 Å². The Morgan fingerprint density at radius 1 is 1.14 bits per heavy atom. The standard InChI is InChI=1S/C23H30N2O3.ClH/c1-18-7-3-4-8-20(18)17-28-21-11-10-19(15-22(21)27-2)16-24-12-6-14-25-13-5-9-23(25)26;/h3-4,7-8,10-11,15,24H,5-6,9,12-14,16-17H2,1-2H3;1H. The summed E-state index contributed by atoms with van der Waals surface area (Å²) in [4.78, 5) is 13.6. The van der Waals surface area contributed by atoms with Gasteiger partial charge in [0.05, 0.1) is 7.11 Å². The minimum absolute atomic E-state index is 0. The van der Waals surface area contributed by atoms with Crippen molar-refractivity contribution in [2.75, 3.05) is 26.7 Å². The minimum Gasteiger partial charge on any atom is -0.493 e. The number of rotatable bonds is 10. The number of nitrogens with zero attached hydrogens (tertiary/aromatic N) is 1. The van der Waals surface area contributed by atoms with Crippen LogP contribution in [0.4, 0.5) is 0 Å². The molecule has 158 valence electrons. The third-order valence-corrected chi connectivity index (χ3v) is 5.15. The molecule has 1 fully saturated rings. The first kappa shape index (κ1) is 23.0. The Hall–Kier alpha value is -2.24. The molecule has 2 aromatic carbocycles. The van der Waals surface area contributed by atoms with Crippen LogP contribution in [0.5, 0.6) is 11.5 Å². The lowest BCUT2D eigenvalue weighted by Crippen LogP contribution is -2.28. The van der Waals surface area contributed by atoms with Crippen molar-refractivity contribution in [2.24, 2.45) is 0 Å². The third-order valence-electron chi connectivity index (χ3n) is 5.15. The number of amides is 1. The highest BCUT2D eigenvalue weighted by atomic mass is 35.5. The quantitative estimate of drug-likeness (QED) is 0.590. The fourth-order valence-corrected chi connectivity index (χ4v) is 3.44. The molecule has 1 saturated heterocycles. The van der Waals surface area contributed by atoms with Gasteiger partial charge in [-0.15, -0.1) is 12.4 Å². The predicted molar refractivity (Wildman–Crippen MR) is 118 cm³/mol. The van der Waals surface area contributed by atoms with Crippen LogP contribution in [-0.2, 0) is 17.9 Å². The van der Waals surface area contributed by atoms with Gasteiger partial charge in [0.25, 0.3) is 0 Å². The van der Waals surface area contributed by atoms with E-state index < -0.39 is 0 Å². The smallest absolute Gasteiger partial charge is 0.222 e. The van der Waals surface area contributed by atoms with E-state index in [1.54, 1.807) is 7.11 Å². The second-order valence-corrected chi connectivity index (χ2v) is 7.22. The molecule has 5 nitrogen and oxygen atoms in total. The number of carbonyl (C=O) groups excluding carboxylic acids is 1. The Morgan fingerprint density at radius 2 is 1.97 bits per heavy atom. The summed E-state index contributed by atoms with van der Waals surface area (Å²) in [5.74, 6) is 1.80. The van der Waals surface area contributed by atoms with Gasteiger partial charge in [-0.2, -0.15) is 0 Å². The fraction of sp³-hybridized carbons (Fsp3) is 0.435. The summed E-state index contributed by atoms with van der Waals surface area (Å²) in [5, 5.41) is 3.44. The van der Waals surface area contributed by atoms with Crippen LogP contribution in [0.1, 0.15) is 36.0 Å². The number of aryl methyl sites for hydroxylation is 1. The van der Waals surface area contributed by atoms with Crippen LogP contribution in [0, 0.1) is 6.92 Å². The third kappa shape index (κ3) is 6.65. The number of benzene rings is 2. The van der Waals surface area contributed by atoms with Crippen molar-refractivity contribution in [3.8, 4) is 11.5 Å². The number of nitrogens with one attached hydrogen (secondary N) is 1. The molecule has 3 rings (SSSR count). The van der Waals surface area contributed by atoms with Crippen LogP contribution in [-0.4, -0.2) is 37.6 Å². The average Bonchev–Trinajstić information content (AvgIpc) is 3.12. The Kier molecular flexibility index (Phi) is 9.29. The molecule has 0 radical (unpaired) electrons. The van der Waals surface area contributed by atoms with Crippen molar-refractivity contribution in [1.29, 1.82) is 0 Å². The summed E-state index contributed by atoms with van der Waals surface area (Å²) in [7, 11) is 1.67. The Bertz CT molecular complexity index is 797. The van der Waals surface area contributed by atoms with E-state index >= 15 is 0 Å². The van der Waals surface area contributed by atoms with Crippen LogP contribution in [0.3, 0.4) is 0 Å². The Labute approximate surface area is 179 Å². The Balaban J connectivity index is 0.00000300. The lowest BCUT2D eigenvalue weighted by atomic mass is 10.1. The number of likely N-dealkylation sites (tertiary alicyclic amines) is 1. The topological polar surface area (TPSA) is 50.8 Å². The van der Waals surface area contributed by atoms with Crippen LogP contribution < -0.4 is 14.8 Å². The molecule has 0 aliphatic carbocycles. The lowest BCUT2D eigenvalue weighted by molar-refractivity contribution is -0.127. The lowest BCUT2D eigenvalue weighted by Gasteiger charge is -2.16.